The molecule has 0 aromatic carbocycles. The molecule has 0 aliphatic heterocycles. The second kappa shape index (κ2) is 5.92. The zero-order valence-corrected chi connectivity index (χ0v) is 10.5. The molecule has 2 N–H and O–H groups in total. The van der Waals surface area contributed by atoms with Crippen molar-refractivity contribution in [2.45, 2.75) is 39.3 Å². The van der Waals surface area contributed by atoms with E-state index >= 15 is 0 Å². The molecule has 1 aromatic heterocycles. The fourth-order valence-corrected chi connectivity index (χ4v) is 1.76. The van der Waals surface area contributed by atoms with E-state index in [-0.39, 0.29) is 5.54 Å². The fourth-order valence-electron chi connectivity index (χ4n) is 1.76. The van der Waals surface area contributed by atoms with E-state index in [4.69, 9.17) is 5.73 Å². The van der Waals surface area contributed by atoms with Crippen LogP contribution in [0.3, 0.4) is 0 Å². The summed E-state index contributed by atoms with van der Waals surface area (Å²) in [5, 5.41) is 0. The molecule has 4 heteroatoms. The maximum Gasteiger partial charge on any atom is 0.142 e. The van der Waals surface area contributed by atoms with Crippen LogP contribution in [-0.2, 0) is 6.54 Å². The van der Waals surface area contributed by atoms with Crippen molar-refractivity contribution in [3.63, 3.8) is 0 Å². The van der Waals surface area contributed by atoms with Gasteiger partial charge >= 0.3 is 0 Å². The molecule has 0 radical (unpaired) electrons. The Morgan fingerprint density at radius 2 is 1.94 bits per heavy atom. The lowest BCUT2D eigenvalue weighted by Gasteiger charge is -2.39. The van der Waals surface area contributed by atoms with Crippen molar-refractivity contribution in [1.29, 1.82) is 0 Å². The highest BCUT2D eigenvalue weighted by atomic mass is 15.2. The highest BCUT2D eigenvalue weighted by molar-refractivity contribution is 4.93. The molecule has 0 aliphatic rings. The number of nitrogens with two attached hydrogens (primary N) is 1. The van der Waals surface area contributed by atoms with Crippen LogP contribution in [0.1, 0.15) is 33.0 Å². The summed E-state index contributed by atoms with van der Waals surface area (Å²) in [4.78, 5) is 10.8. The summed E-state index contributed by atoms with van der Waals surface area (Å²) in [5.74, 6) is 0.859. The van der Waals surface area contributed by atoms with E-state index in [0.29, 0.717) is 6.54 Å². The average molecular weight is 222 g/mol. The Balaban J connectivity index is 2.76. The minimum absolute atomic E-state index is 0.0357. The Morgan fingerprint density at radius 1 is 1.31 bits per heavy atom. The SMILES string of the molecule is CCN(Cc1ncccn1)C(C)(CC)CN. The maximum absolute atomic E-state index is 5.87. The first-order valence-corrected chi connectivity index (χ1v) is 5.87. The molecule has 0 bridgehead atoms. The molecule has 4 nitrogen and oxygen atoms in total. The number of hydrogen-bond donors (Lipinski definition) is 1. The molecule has 1 heterocycles. The van der Waals surface area contributed by atoms with Crippen LogP contribution in [0, 0.1) is 0 Å². The van der Waals surface area contributed by atoms with Crippen LogP contribution in [0.25, 0.3) is 0 Å². The Morgan fingerprint density at radius 3 is 2.38 bits per heavy atom. The summed E-state index contributed by atoms with van der Waals surface area (Å²) >= 11 is 0. The van der Waals surface area contributed by atoms with Gasteiger partial charge in [0.2, 0.25) is 0 Å². The van der Waals surface area contributed by atoms with E-state index in [9.17, 15) is 0 Å². The zero-order valence-electron chi connectivity index (χ0n) is 10.5. The van der Waals surface area contributed by atoms with Gasteiger partial charge in [0.15, 0.2) is 0 Å². The quantitative estimate of drug-likeness (QED) is 0.791. The zero-order chi connectivity index (χ0) is 12.0. The summed E-state index contributed by atoms with van der Waals surface area (Å²) < 4.78 is 0. The lowest BCUT2D eigenvalue weighted by Crippen LogP contribution is -2.50. The van der Waals surface area contributed by atoms with Crippen molar-refractivity contribution < 1.29 is 0 Å². The summed E-state index contributed by atoms with van der Waals surface area (Å²) in [6.45, 7) is 8.89. The van der Waals surface area contributed by atoms with Gasteiger partial charge in [0, 0.05) is 24.5 Å². The van der Waals surface area contributed by atoms with Crippen molar-refractivity contribution in [3.8, 4) is 0 Å². The third kappa shape index (κ3) is 3.00. The van der Waals surface area contributed by atoms with Crippen LogP contribution in [0.5, 0.6) is 0 Å². The van der Waals surface area contributed by atoms with Gasteiger partial charge in [-0.1, -0.05) is 13.8 Å². The van der Waals surface area contributed by atoms with Gasteiger partial charge in [-0.2, -0.15) is 0 Å². The van der Waals surface area contributed by atoms with E-state index in [1.165, 1.54) is 0 Å². The Hall–Kier alpha value is -1.00. The second-order valence-corrected chi connectivity index (χ2v) is 4.23. The first kappa shape index (κ1) is 13.1. The molecule has 1 atom stereocenters. The summed E-state index contributed by atoms with van der Waals surface area (Å²) in [6, 6.07) is 1.84. The van der Waals surface area contributed by atoms with Crippen molar-refractivity contribution >= 4 is 0 Å². The average Bonchev–Trinajstić information content (AvgIpc) is 2.36. The fraction of sp³-hybridized carbons (Fsp3) is 0.667. The molecule has 0 saturated carbocycles. The van der Waals surface area contributed by atoms with Gasteiger partial charge < -0.3 is 5.73 Å². The van der Waals surface area contributed by atoms with E-state index in [0.717, 1.165) is 25.3 Å². The third-order valence-electron chi connectivity index (χ3n) is 3.30. The Kier molecular flexibility index (Phi) is 4.83. The summed E-state index contributed by atoms with van der Waals surface area (Å²) in [5.41, 5.74) is 5.90. The smallest absolute Gasteiger partial charge is 0.142 e. The predicted molar refractivity (Wildman–Crippen MR) is 65.9 cm³/mol. The van der Waals surface area contributed by atoms with Gasteiger partial charge in [-0.15, -0.1) is 0 Å². The van der Waals surface area contributed by atoms with Crippen LogP contribution in [-0.4, -0.2) is 33.5 Å². The Labute approximate surface area is 97.9 Å². The van der Waals surface area contributed by atoms with Gasteiger partial charge in [0.1, 0.15) is 5.82 Å². The normalized spacial score (nSPS) is 15.1. The number of hydrogen-bond acceptors (Lipinski definition) is 4. The van der Waals surface area contributed by atoms with Crippen LogP contribution in [0.2, 0.25) is 0 Å². The lowest BCUT2D eigenvalue weighted by molar-refractivity contribution is 0.101. The summed E-state index contributed by atoms with van der Waals surface area (Å²) in [7, 11) is 0. The second-order valence-electron chi connectivity index (χ2n) is 4.23. The molecule has 0 spiro atoms. The van der Waals surface area contributed by atoms with Crippen LogP contribution < -0.4 is 5.73 Å². The highest BCUT2D eigenvalue weighted by Gasteiger charge is 2.27. The topological polar surface area (TPSA) is 55.0 Å². The monoisotopic (exact) mass is 222 g/mol. The molecule has 0 amide bonds. The molecule has 1 aromatic rings. The molecule has 0 aliphatic carbocycles. The first-order chi connectivity index (χ1) is 7.66. The van der Waals surface area contributed by atoms with Gasteiger partial charge in [0.25, 0.3) is 0 Å². The first-order valence-electron chi connectivity index (χ1n) is 5.87. The lowest BCUT2D eigenvalue weighted by atomic mass is 9.96. The minimum Gasteiger partial charge on any atom is -0.329 e. The van der Waals surface area contributed by atoms with Gasteiger partial charge in [0.05, 0.1) is 6.54 Å². The van der Waals surface area contributed by atoms with E-state index in [1.807, 2.05) is 6.07 Å². The molecule has 1 rings (SSSR count). The number of rotatable bonds is 6. The minimum atomic E-state index is 0.0357. The van der Waals surface area contributed by atoms with E-state index < -0.39 is 0 Å². The van der Waals surface area contributed by atoms with Crippen molar-refractivity contribution in [3.05, 3.63) is 24.3 Å². The van der Waals surface area contributed by atoms with Gasteiger partial charge in [-0.25, -0.2) is 9.97 Å². The molecule has 90 valence electrons. The Bertz CT molecular complexity index is 295. The molecule has 0 fully saturated rings. The molecule has 16 heavy (non-hydrogen) atoms. The van der Waals surface area contributed by atoms with Crippen molar-refractivity contribution in [1.82, 2.24) is 14.9 Å². The van der Waals surface area contributed by atoms with Crippen LogP contribution in [0.15, 0.2) is 18.5 Å². The predicted octanol–water partition coefficient (Wildman–Crippen LogP) is 1.43. The third-order valence-corrected chi connectivity index (χ3v) is 3.30. The maximum atomic E-state index is 5.87. The summed E-state index contributed by atoms with van der Waals surface area (Å²) in [6.07, 6.45) is 4.59. The van der Waals surface area contributed by atoms with Crippen molar-refractivity contribution in [2.75, 3.05) is 13.1 Å². The van der Waals surface area contributed by atoms with Crippen LogP contribution >= 0.6 is 0 Å². The molecular weight excluding hydrogens is 200 g/mol. The standard InChI is InChI=1S/C12H22N4/c1-4-12(3,10-13)16(5-2)9-11-14-7-6-8-15-11/h6-8H,4-5,9-10,13H2,1-3H3. The van der Waals surface area contributed by atoms with Crippen LogP contribution in [0.4, 0.5) is 0 Å². The number of likely N-dealkylation sites (N-methyl/N-ethyl adjacent to an activating group) is 1. The van der Waals surface area contributed by atoms with E-state index in [1.54, 1.807) is 12.4 Å². The molecule has 0 saturated heterocycles. The van der Waals surface area contributed by atoms with E-state index in [2.05, 4.69) is 35.6 Å². The number of aromatic nitrogens is 2. The van der Waals surface area contributed by atoms with Crippen molar-refractivity contribution in [2.24, 2.45) is 5.73 Å². The van der Waals surface area contributed by atoms with Gasteiger partial charge in [-0.05, 0) is 26.0 Å². The molecule has 1 unspecified atom stereocenters. The largest absolute Gasteiger partial charge is 0.329 e. The molecular formula is C12H22N4. The number of nitrogens with zero attached hydrogens (tertiary/aromatic N) is 3. The van der Waals surface area contributed by atoms with Gasteiger partial charge in [-0.3, -0.25) is 4.90 Å². The highest BCUT2D eigenvalue weighted by Crippen LogP contribution is 2.19.